The topological polar surface area (TPSA) is 26.7 Å². The molecule has 86 valence electrons. The lowest BCUT2D eigenvalue weighted by Gasteiger charge is -2.25. The number of fused-ring (bicyclic) bond motifs is 1. The van der Waals surface area contributed by atoms with E-state index in [-0.39, 0.29) is 0 Å². The van der Waals surface area contributed by atoms with Crippen LogP contribution >= 0.6 is 0 Å². The van der Waals surface area contributed by atoms with Gasteiger partial charge in [-0.2, -0.15) is 0 Å². The first-order valence-corrected chi connectivity index (χ1v) is 5.63. The van der Waals surface area contributed by atoms with Gasteiger partial charge in [0.2, 0.25) is 6.35 Å². The van der Waals surface area contributed by atoms with Gasteiger partial charge in [0.25, 0.3) is 0 Å². The van der Waals surface area contributed by atoms with Crippen LogP contribution in [-0.2, 0) is 0 Å². The van der Waals surface area contributed by atoms with Crippen LogP contribution in [0.4, 0.5) is 17.1 Å². The number of aliphatic hydroxyl groups is 1. The highest BCUT2D eigenvalue weighted by Gasteiger charge is 2.32. The SMILES string of the molecule is CN1c2ccccc2N(c2ccccc2)[C@H]1O. The average Bonchev–Trinajstić information content (AvgIpc) is 2.64. The smallest absolute Gasteiger partial charge is 0.212 e. The minimum atomic E-state index is -0.644. The quantitative estimate of drug-likeness (QED) is 0.809. The molecule has 17 heavy (non-hydrogen) atoms. The van der Waals surface area contributed by atoms with Gasteiger partial charge in [-0.1, -0.05) is 30.3 Å². The zero-order valence-electron chi connectivity index (χ0n) is 9.62. The summed E-state index contributed by atoms with van der Waals surface area (Å²) in [7, 11) is 1.90. The molecule has 1 aliphatic rings. The summed E-state index contributed by atoms with van der Waals surface area (Å²) >= 11 is 0. The summed E-state index contributed by atoms with van der Waals surface area (Å²) in [6.07, 6.45) is -0.644. The summed E-state index contributed by atoms with van der Waals surface area (Å²) < 4.78 is 0. The molecule has 0 bridgehead atoms. The van der Waals surface area contributed by atoms with Crippen molar-refractivity contribution < 1.29 is 5.11 Å². The molecule has 0 spiro atoms. The summed E-state index contributed by atoms with van der Waals surface area (Å²) in [5.41, 5.74) is 3.08. The molecule has 0 fully saturated rings. The van der Waals surface area contributed by atoms with Crippen LogP contribution in [0.1, 0.15) is 0 Å². The maximum atomic E-state index is 10.3. The van der Waals surface area contributed by atoms with Gasteiger partial charge in [-0.3, -0.25) is 4.90 Å². The number of benzene rings is 2. The van der Waals surface area contributed by atoms with E-state index in [2.05, 4.69) is 0 Å². The highest BCUT2D eigenvalue weighted by atomic mass is 16.3. The normalized spacial score (nSPS) is 18.4. The third-order valence-corrected chi connectivity index (χ3v) is 3.13. The van der Waals surface area contributed by atoms with Crippen LogP contribution in [-0.4, -0.2) is 18.5 Å². The predicted molar refractivity (Wildman–Crippen MR) is 69.4 cm³/mol. The fourth-order valence-electron chi connectivity index (χ4n) is 2.25. The van der Waals surface area contributed by atoms with Crippen LogP contribution in [0.25, 0.3) is 0 Å². The molecule has 0 saturated carbocycles. The van der Waals surface area contributed by atoms with Crippen molar-refractivity contribution in [1.82, 2.24) is 0 Å². The molecule has 1 aliphatic heterocycles. The second kappa shape index (κ2) is 3.79. The lowest BCUT2D eigenvalue weighted by Crippen LogP contribution is -2.38. The zero-order valence-corrected chi connectivity index (χ0v) is 9.62. The van der Waals surface area contributed by atoms with E-state index in [0.29, 0.717) is 0 Å². The summed E-state index contributed by atoms with van der Waals surface area (Å²) in [5.74, 6) is 0. The van der Waals surface area contributed by atoms with Crippen LogP contribution < -0.4 is 9.80 Å². The molecule has 0 aliphatic carbocycles. The molecular formula is C14H14N2O. The first kappa shape index (κ1) is 10.2. The van der Waals surface area contributed by atoms with Gasteiger partial charge < -0.3 is 10.0 Å². The minimum absolute atomic E-state index is 0.644. The van der Waals surface area contributed by atoms with E-state index in [9.17, 15) is 5.11 Å². The van der Waals surface area contributed by atoms with Crippen molar-refractivity contribution in [3.8, 4) is 0 Å². The fraction of sp³-hybridized carbons (Fsp3) is 0.143. The average molecular weight is 226 g/mol. The molecule has 0 aromatic heterocycles. The number of para-hydroxylation sites is 3. The molecule has 0 radical (unpaired) electrons. The molecule has 1 atom stereocenters. The second-order valence-corrected chi connectivity index (χ2v) is 4.15. The van der Waals surface area contributed by atoms with Crippen molar-refractivity contribution in [2.24, 2.45) is 0 Å². The summed E-state index contributed by atoms with van der Waals surface area (Å²) in [4.78, 5) is 3.79. The van der Waals surface area contributed by atoms with Crippen molar-refractivity contribution in [1.29, 1.82) is 0 Å². The molecule has 0 saturated heterocycles. The maximum Gasteiger partial charge on any atom is 0.212 e. The number of hydrogen-bond acceptors (Lipinski definition) is 3. The second-order valence-electron chi connectivity index (χ2n) is 4.15. The van der Waals surface area contributed by atoms with Gasteiger partial charge in [0, 0.05) is 12.7 Å². The van der Waals surface area contributed by atoms with Gasteiger partial charge in [-0.25, -0.2) is 0 Å². The van der Waals surface area contributed by atoms with Gasteiger partial charge in [0.15, 0.2) is 0 Å². The lowest BCUT2D eigenvalue weighted by molar-refractivity contribution is 0.189. The number of rotatable bonds is 1. The monoisotopic (exact) mass is 226 g/mol. The Balaban J connectivity index is 2.13. The van der Waals surface area contributed by atoms with Gasteiger partial charge >= 0.3 is 0 Å². The predicted octanol–water partition coefficient (Wildman–Crippen LogP) is 2.55. The Kier molecular flexibility index (Phi) is 2.27. The number of aliphatic hydroxyl groups excluding tert-OH is 1. The first-order chi connectivity index (χ1) is 8.29. The highest BCUT2D eigenvalue weighted by Crippen LogP contribution is 2.41. The molecule has 3 rings (SSSR count). The Hall–Kier alpha value is -2.00. The highest BCUT2D eigenvalue weighted by molar-refractivity contribution is 5.82. The van der Waals surface area contributed by atoms with Crippen molar-refractivity contribution in [2.75, 3.05) is 16.8 Å². The van der Waals surface area contributed by atoms with Crippen molar-refractivity contribution in [3.05, 3.63) is 54.6 Å². The third kappa shape index (κ3) is 1.47. The van der Waals surface area contributed by atoms with Crippen molar-refractivity contribution in [2.45, 2.75) is 6.35 Å². The molecule has 3 heteroatoms. The largest absolute Gasteiger partial charge is 0.356 e. The zero-order chi connectivity index (χ0) is 11.8. The van der Waals surface area contributed by atoms with Crippen LogP contribution in [0.2, 0.25) is 0 Å². The van der Waals surface area contributed by atoms with E-state index >= 15 is 0 Å². The van der Waals surface area contributed by atoms with E-state index < -0.39 is 6.35 Å². The van der Waals surface area contributed by atoms with E-state index in [1.165, 1.54) is 0 Å². The molecule has 1 N–H and O–H groups in total. The summed E-state index contributed by atoms with van der Waals surface area (Å²) in [6, 6.07) is 17.9. The Morgan fingerprint density at radius 2 is 1.47 bits per heavy atom. The summed E-state index contributed by atoms with van der Waals surface area (Å²) in [5, 5.41) is 10.3. The molecular weight excluding hydrogens is 212 g/mol. The molecule has 3 nitrogen and oxygen atoms in total. The van der Waals surface area contributed by atoms with Crippen LogP contribution in [0.3, 0.4) is 0 Å². The molecule has 1 heterocycles. The Morgan fingerprint density at radius 3 is 2.18 bits per heavy atom. The van der Waals surface area contributed by atoms with Crippen LogP contribution in [0.5, 0.6) is 0 Å². The maximum absolute atomic E-state index is 10.3. The van der Waals surface area contributed by atoms with Crippen LogP contribution in [0.15, 0.2) is 54.6 Å². The molecule has 2 aromatic carbocycles. The lowest BCUT2D eigenvalue weighted by atomic mass is 10.2. The number of anilines is 3. The Labute approximate surface area is 101 Å². The number of nitrogens with zero attached hydrogens (tertiary/aromatic N) is 2. The number of hydrogen-bond donors (Lipinski definition) is 1. The van der Waals surface area contributed by atoms with Gasteiger partial charge in [0.05, 0.1) is 11.4 Å². The van der Waals surface area contributed by atoms with Crippen LogP contribution in [0, 0.1) is 0 Å². The first-order valence-electron chi connectivity index (χ1n) is 5.63. The minimum Gasteiger partial charge on any atom is -0.356 e. The summed E-state index contributed by atoms with van der Waals surface area (Å²) in [6.45, 7) is 0. The van der Waals surface area contributed by atoms with E-state index in [1.54, 1.807) is 0 Å². The third-order valence-electron chi connectivity index (χ3n) is 3.13. The van der Waals surface area contributed by atoms with Gasteiger partial charge in [-0.15, -0.1) is 0 Å². The Morgan fingerprint density at radius 1 is 0.882 bits per heavy atom. The van der Waals surface area contributed by atoms with Crippen molar-refractivity contribution >= 4 is 17.1 Å². The van der Waals surface area contributed by atoms with E-state index in [4.69, 9.17) is 0 Å². The van der Waals surface area contributed by atoms with Gasteiger partial charge in [-0.05, 0) is 24.3 Å². The van der Waals surface area contributed by atoms with E-state index in [0.717, 1.165) is 17.1 Å². The fourth-order valence-corrected chi connectivity index (χ4v) is 2.25. The Bertz CT molecular complexity index is 527. The standard InChI is InChI=1S/C14H14N2O/c1-15-12-9-5-6-10-13(12)16(14(15)17)11-7-3-2-4-8-11/h2-10,14,17H,1H3/t14-/m0/s1. The molecule has 2 aromatic rings. The molecule has 0 amide bonds. The van der Waals surface area contributed by atoms with Crippen molar-refractivity contribution in [3.63, 3.8) is 0 Å². The van der Waals surface area contributed by atoms with Gasteiger partial charge in [0.1, 0.15) is 0 Å². The van der Waals surface area contributed by atoms with E-state index in [1.807, 2.05) is 71.4 Å². The molecule has 0 unspecified atom stereocenters.